The second kappa shape index (κ2) is 9.91. The molecule has 4 rings (SSSR count). The highest BCUT2D eigenvalue weighted by atomic mass is 32.1. The number of nitrogens with one attached hydrogen (secondary N) is 1. The van der Waals surface area contributed by atoms with Crippen LogP contribution in [-0.4, -0.2) is 34.8 Å². The van der Waals surface area contributed by atoms with Crippen LogP contribution in [-0.2, 0) is 13.2 Å². The summed E-state index contributed by atoms with van der Waals surface area (Å²) in [6, 6.07) is 12.2. The van der Waals surface area contributed by atoms with E-state index >= 15 is 0 Å². The lowest BCUT2D eigenvalue weighted by atomic mass is 9.98. The molecule has 2 N–H and O–H groups in total. The predicted molar refractivity (Wildman–Crippen MR) is 121 cm³/mol. The first-order valence-electron chi connectivity index (χ1n) is 10.4. The minimum Gasteiger partial charge on any atom is -0.486 e. The molecular weight excluding hydrogens is 396 g/mol. The second-order valence-corrected chi connectivity index (χ2v) is 8.65. The summed E-state index contributed by atoms with van der Waals surface area (Å²) in [5.41, 5.74) is 3.35. The normalized spacial score (nSPS) is 14.7. The summed E-state index contributed by atoms with van der Waals surface area (Å²) in [5, 5.41) is 15.6. The number of nitrogens with zero attached hydrogens (tertiary/aromatic N) is 3. The summed E-state index contributed by atoms with van der Waals surface area (Å²) in [6.07, 6.45) is 4.00. The van der Waals surface area contributed by atoms with E-state index in [1.54, 1.807) is 11.3 Å². The number of thiazole rings is 1. The van der Waals surface area contributed by atoms with E-state index in [0.717, 1.165) is 53.9 Å². The lowest BCUT2D eigenvalue weighted by Crippen LogP contribution is -2.34. The predicted octanol–water partition coefficient (Wildman–Crippen LogP) is 4.25. The highest BCUT2D eigenvalue weighted by Gasteiger charge is 2.18. The van der Waals surface area contributed by atoms with Gasteiger partial charge in [-0.05, 0) is 49.9 Å². The number of hydrogen-bond donors (Lipinski definition) is 2. The van der Waals surface area contributed by atoms with Gasteiger partial charge in [-0.2, -0.15) is 0 Å². The van der Waals surface area contributed by atoms with Crippen molar-refractivity contribution >= 4 is 22.8 Å². The average molecular weight is 425 g/mol. The lowest BCUT2D eigenvalue weighted by molar-refractivity contribution is 0.203. The summed E-state index contributed by atoms with van der Waals surface area (Å²) < 4.78 is 5.80. The van der Waals surface area contributed by atoms with E-state index in [1.165, 1.54) is 5.56 Å². The zero-order valence-electron chi connectivity index (χ0n) is 17.3. The van der Waals surface area contributed by atoms with Crippen molar-refractivity contribution in [2.75, 3.05) is 29.9 Å². The minimum absolute atomic E-state index is 0.297. The summed E-state index contributed by atoms with van der Waals surface area (Å²) in [6.45, 7) is 5.43. The first-order valence-corrected chi connectivity index (χ1v) is 11.3. The molecule has 6 nitrogen and oxygen atoms in total. The number of hydrogen-bond acceptors (Lipinski definition) is 7. The number of aliphatic hydroxyl groups excluding tert-OH is 1. The molecule has 0 radical (unpaired) electrons. The monoisotopic (exact) mass is 424 g/mol. The van der Waals surface area contributed by atoms with Gasteiger partial charge in [0.15, 0.2) is 0 Å². The smallest absolute Gasteiger partial charge is 0.140 e. The maximum Gasteiger partial charge on any atom is 0.140 e. The Morgan fingerprint density at radius 1 is 1.17 bits per heavy atom. The fraction of sp³-hybridized carbons (Fsp3) is 0.391. The Morgan fingerprint density at radius 3 is 2.67 bits per heavy atom. The van der Waals surface area contributed by atoms with E-state index in [2.05, 4.69) is 38.6 Å². The van der Waals surface area contributed by atoms with Crippen LogP contribution in [0, 0.1) is 12.8 Å². The molecule has 3 aromatic rings. The van der Waals surface area contributed by atoms with E-state index in [4.69, 9.17) is 4.74 Å². The van der Waals surface area contributed by atoms with E-state index in [9.17, 15) is 5.11 Å². The van der Waals surface area contributed by atoms with Crippen molar-refractivity contribution in [3.63, 3.8) is 0 Å². The number of ether oxygens (including phenoxy) is 1. The van der Waals surface area contributed by atoms with Crippen LogP contribution in [0.3, 0.4) is 0 Å². The number of anilines is 2. The fourth-order valence-corrected chi connectivity index (χ4v) is 4.21. The molecule has 0 spiro atoms. The third-order valence-corrected chi connectivity index (χ3v) is 6.29. The summed E-state index contributed by atoms with van der Waals surface area (Å²) in [4.78, 5) is 11.5. The molecule has 3 heterocycles. The van der Waals surface area contributed by atoms with E-state index < -0.39 is 0 Å². The molecule has 7 heteroatoms. The van der Waals surface area contributed by atoms with Gasteiger partial charge in [0.2, 0.25) is 0 Å². The van der Waals surface area contributed by atoms with Gasteiger partial charge < -0.3 is 20.1 Å². The third kappa shape index (κ3) is 5.49. The van der Waals surface area contributed by atoms with Gasteiger partial charge in [-0.15, -0.1) is 11.3 Å². The summed E-state index contributed by atoms with van der Waals surface area (Å²) >= 11 is 1.61. The van der Waals surface area contributed by atoms with Crippen LogP contribution in [0.1, 0.15) is 29.1 Å². The maximum absolute atomic E-state index is 9.28. The molecule has 1 aromatic carbocycles. The van der Waals surface area contributed by atoms with E-state index in [1.807, 2.05) is 36.5 Å². The maximum atomic E-state index is 9.28. The van der Waals surface area contributed by atoms with Gasteiger partial charge in [-0.1, -0.05) is 17.7 Å². The van der Waals surface area contributed by atoms with Crippen LogP contribution in [0.5, 0.6) is 5.75 Å². The third-order valence-electron chi connectivity index (χ3n) is 5.42. The molecule has 1 aliphatic heterocycles. The lowest BCUT2D eigenvalue weighted by Gasteiger charge is -2.32. The molecule has 1 fully saturated rings. The van der Waals surface area contributed by atoms with Crippen molar-refractivity contribution in [2.24, 2.45) is 5.92 Å². The summed E-state index contributed by atoms with van der Waals surface area (Å²) in [5.74, 6) is 2.15. The zero-order valence-corrected chi connectivity index (χ0v) is 18.1. The first-order chi connectivity index (χ1) is 14.7. The molecule has 0 amide bonds. The molecule has 0 atom stereocenters. The molecule has 1 saturated heterocycles. The van der Waals surface area contributed by atoms with Crippen LogP contribution < -0.4 is 15.0 Å². The van der Waals surface area contributed by atoms with Crippen LogP contribution in [0.2, 0.25) is 0 Å². The standard InChI is InChI=1S/C23H28N4O2S/c1-17-2-5-21(6-3-17)29-15-23-26-19(16-30-23)12-24-22-7-4-20(13-25-22)27-10-8-18(14-28)9-11-27/h2-7,13,16,18,28H,8-12,14-15H2,1H3,(H,24,25). The molecule has 0 bridgehead atoms. The molecule has 1 aliphatic rings. The number of rotatable bonds is 8. The van der Waals surface area contributed by atoms with E-state index in [0.29, 0.717) is 25.7 Å². The first kappa shape index (κ1) is 20.6. The van der Waals surface area contributed by atoms with Crippen LogP contribution in [0.25, 0.3) is 0 Å². The Kier molecular flexibility index (Phi) is 6.81. The number of aryl methyl sites for hydroxylation is 1. The highest BCUT2D eigenvalue weighted by molar-refractivity contribution is 7.09. The highest BCUT2D eigenvalue weighted by Crippen LogP contribution is 2.23. The molecule has 0 saturated carbocycles. The van der Waals surface area contributed by atoms with Gasteiger partial charge in [0, 0.05) is 25.1 Å². The topological polar surface area (TPSA) is 70.5 Å². The van der Waals surface area contributed by atoms with Gasteiger partial charge >= 0.3 is 0 Å². The number of aliphatic hydroxyl groups is 1. The van der Waals surface area contributed by atoms with Crippen molar-refractivity contribution < 1.29 is 9.84 Å². The largest absolute Gasteiger partial charge is 0.486 e. The quantitative estimate of drug-likeness (QED) is 0.563. The number of aromatic nitrogens is 2. The number of piperidine rings is 1. The van der Waals surface area contributed by atoms with Crippen molar-refractivity contribution in [3.05, 3.63) is 64.2 Å². The van der Waals surface area contributed by atoms with Gasteiger partial charge in [-0.25, -0.2) is 9.97 Å². The average Bonchev–Trinajstić information content (AvgIpc) is 3.26. The Hall–Kier alpha value is -2.64. The number of pyridine rings is 1. The van der Waals surface area contributed by atoms with Gasteiger partial charge in [-0.3, -0.25) is 0 Å². The Morgan fingerprint density at radius 2 is 1.97 bits per heavy atom. The molecular formula is C23H28N4O2S. The Labute approximate surface area is 181 Å². The Balaban J connectivity index is 1.24. The van der Waals surface area contributed by atoms with Crippen molar-refractivity contribution in [1.82, 2.24) is 9.97 Å². The van der Waals surface area contributed by atoms with Crippen molar-refractivity contribution in [3.8, 4) is 5.75 Å². The minimum atomic E-state index is 0.297. The van der Waals surface area contributed by atoms with Crippen LogP contribution in [0.15, 0.2) is 48.0 Å². The number of benzene rings is 1. The molecule has 0 unspecified atom stereocenters. The van der Waals surface area contributed by atoms with Crippen LogP contribution in [0.4, 0.5) is 11.5 Å². The van der Waals surface area contributed by atoms with E-state index in [-0.39, 0.29) is 0 Å². The Bertz CT molecular complexity index is 919. The fourth-order valence-electron chi connectivity index (χ4n) is 3.51. The van der Waals surface area contributed by atoms with Crippen molar-refractivity contribution in [2.45, 2.75) is 32.9 Å². The molecule has 30 heavy (non-hydrogen) atoms. The summed E-state index contributed by atoms with van der Waals surface area (Å²) in [7, 11) is 0. The van der Waals surface area contributed by atoms with Crippen molar-refractivity contribution in [1.29, 1.82) is 0 Å². The van der Waals surface area contributed by atoms with Gasteiger partial charge in [0.1, 0.15) is 23.2 Å². The molecule has 2 aromatic heterocycles. The van der Waals surface area contributed by atoms with Gasteiger partial charge in [0.05, 0.1) is 24.1 Å². The second-order valence-electron chi connectivity index (χ2n) is 7.70. The molecule has 0 aliphatic carbocycles. The zero-order chi connectivity index (χ0) is 20.8. The van der Waals surface area contributed by atoms with Gasteiger partial charge in [0.25, 0.3) is 0 Å². The van der Waals surface area contributed by atoms with Crippen LogP contribution >= 0.6 is 11.3 Å². The molecule has 158 valence electrons. The SMILES string of the molecule is Cc1ccc(OCc2nc(CNc3ccc(N4CCC(CO)CC4)cn3)cs2)cc1.